The SMILES string of the molecule is CN1CCN(CCOc2c(Cl)cccc2CO)CC1. The Kier molecular flexibility index (Phi) is 5.45. The molecule has 0 spiro atoms. The van der Waals surface area contributed by atoms with Gasteiger partial charge in [-0.05, 0) is 13.1 Å². The van der Waals surface area contributed by atoms with Crippen LogP contribution in [0.2, 0.25) is 5.02 Å². The molecule has 0 radical (unpaired) electrons. The first-order valence-corrected chi connectivity index (χ1v) is 7.00. The lowest BCUT2D eigenvalue weighted by Gasteiger charge is -2.32. The van der Waals surface area contributed by atoms with Crippen LogP contribution in [-0.4, -0.2) is 61.3 Å². The number of hydrogen-bond donors (Lipinski definition) is 1. The molecule has 0 saturated carbocycles. The van der Waals surface area contributed by atoms with Gasteiger partial charge in [0.2, 0.25) is 0 Å². The van der Waals surface area contributed by atoms with Crippen LogP contribution in [0.4, 0.5) is 0 Å². The van der Waals surface area contributed by atoms with Crippen LogP contribution < -0.4 is 4.74 Å². The van der Waals surface area contributed by atoms with E-state index in [4.69, 9.17) is 16.3 Å². The first kappa shape index (κ1) is 14.6. The highest BCUT2D eigenvalue weighted by molar-refractivity contribution is 6.32. The predicted octanol–water partition coefficient (Wildman–Crippen LogP) is 1.46. The van der Waals surface area contributed by atoms with E-state index in [-0.39, 0.29) is 6.61 Å². The number of nitrogens with zero attached hydrogens (tertiary/aromatic N) is 2. The van der Waals surface area contributed by atoms with Crippen molar-refractivity contribution in [2.75, 3.05) is 46.4 Å². The smallest absolute Gasteiger partial charge is 0.143 e. The Morgan fingerprint density at radius 1 is 1.26 bits per heavy atom. The fourth-order valence-electron chi connectivity index (χ4n) is 2.19. The van der Waals surface area contributed by atoms with Crippen molar-refractivity contribution in [2.24, 2.45) is 0 Å². The van der Waals surface area contributed by atoms with Crippen LogP contribution in [0.3, 0.4) is 0 Å². The van der Waals surface area contributed by atoms with Crippen molar-refractivity contribution in [2.45, 2.75) is 6.61 Å². The van der Waals surface area contributed by atoms with Gasteiger partial charge in [0, 0.05) is 38.3 Å². The molecule has 1 fully saturated rings. The molecule has 1 aliphatic rings. The molecule has 2 rings (SSSR count). The van der Waals surface area contributed by atoms with E-state index in [9.17, 15) is 5.11 Å². The molecular formula is C14H21ClN2O2. The first-order chi connectivity index (χ1) is 9.20. The molecule has 106 valence electrons. The number of likely N-dealkylation sites (N-methyl/N-ethyl adjacent to an activating group) is 1. The van der Waals surface area contributed by atoms with Crippen molar-refractivity contribution in [1.29, 1.82) is 0 Å². The van der Waals surface area contributed by atoms with Gasteiger partial charge in [-0.3, -0.25) is 4.90 Å². The Bertz CT molecular complexity index is 406. The topological polar surface area (TPSA) is 35.9 Å². The zero-order chi connectivity index (χ0) is 13.7. The van der Waals surface area contributed by atoms with Gasteiger partial charge in [0.25, 0.3) is 0 Å². The van der Waals surface area contributed by atoms with Gasteiger partial charge in [-0.15, -0.1) is 0 Å². The Morgan fingerprint density at radius 2 is 2.00 bits per heavy atom. The normalized spacial score (nSPS) is 17.6. The third-order valence-corrected chi connectivity index (χ3v) is 3.77. The molecule has 0 aromatic heterocycles. The van der Waals surface area contributed by atoms with Gasteiger partial charge in [0.1, 0.15) is 12.4 Å². The number of hydrogen-bond acceptors (Lipinski definition) is 4. The molecule has 0 aliphatic carbocycles. The second kappa shape index (κ2) is 7.10. The van der Waals surface area contributed by atoms with E-state index in [2.05, 4.69) is 16.8 Å². The number of para-hydroxylation sites is 1. The zero-order valence-corrected chi connectivity index (χ0v) is 12.1. The quantitative estimate of drug-likeness (QED) is 0.888. The second-order valence-corrected chi connectivity index (χ2v) is 5.29. The monoisotopic (exact) mass is 284 g/mol. The minimum Gasteiger partial charge on any atom is -0.490 e. The van der Waals surface area contributed by atoms with Crippen LogP contribution in [0.15, 0.2) is 18.2 Å². The highest BCUT2D eigenvalue weighted by Crippen LogP contribution is 2.28. The highest BCUT2D eigenvalue weighted by Gasteiger charge is 2.14. The molecule has 1 saturated heterocycles. The molecule has 0 atom stereocenters. The first-order valence-electron chi connectivity index (χ1n) is 6.62. The van der Waals surface area contributed by atoms with Crippen LogP contribution in [0, 0.1) is 0 Å². The van der Waals surface area contributed by atoms with Crippen LogP contribution in [-0.2, 0) is 6.61 Å². The van der Waals surface area contributed by atoms with Gasteiger partial charge in [-0.2, -0.15) is 0 Å². The number of rotatable bonds is 5. The number of aliphatic hydroxyl groups excluding tert-OH is 1. The lowest BCUT2D eigenvalue weighted by atomic mass is 10.2. The summed E-state index contributed by atoms with van der Waals surface area (Å²) < 4.78 is 5.74. The Morgan fingerprint density at radius 3 is 2.68 bits per heavy atom. The lowest BCUT2D eigenvalue weighted by molar-refractivity contribution is 0.133. The molecule has 1 aliphatic heterocycles. The van der Waals surface area contributed by atoms with Crippen molar-refractivity contribution in [3.8, 4) is 5.75 Å². The summed E-state index contributed by atoms with van der Waals surface area (Å²) in [7, 11) is 2.14. The summed E-state index contributed by atoms with van der Waals surface area (Å²) in [5.74, 6) is 0.612. The van der Waals surface area contributed by atoms with Crippen LogP contribution in [0.5, 0.6) is 5.75 Å². The third-order valence-electron chi connectivity index (χ3n) is 3.47. The van der Waals surface area contributed by atoms with E-state index in [0.717, 1.165) is 38.3 Å². The van der Waals surface area contributed by atoms with Crippen LogP contribution in [0.25, 0.3) is 0 Å². The summed E-state index contributed by atoms with van der Waals surface area (Å²) in [6.45, 7) is 5.81. The maximum atomic E-state index is 9.27. The minimum absolute atomic E-state index is 0.0512. The molecule has 19 heavy (non-hydrogen) atoms. The number of piperazine rings is 1. The van der Waals surface area contributed by atoms with E-state index in [1.165, 1.54) is 0 Å². The number of ether oxygens (including phenoxy) is 1. The maximum Gasteiger partial charge on any atom is 0.143 e. The summed E-state index contributed by atoms with van der Waals surface area (Å²) in [6, 6.07) is 5.43. The van der Waals surface area contributed by atoms with Crippen molar-refractivity contribution < 1.29 is 9.84 Å². The molecule has 4 nitrogen and oxygen atoms in total. The van der Waals surface area contributed by atoms with Gasteiger partial charge in [0.15, 0.2) is 0 Å². The standard InChI is InChI=1S/C14H21ClN2O2/c1-16-5-7-17(8-6-16)9-10-19-14-12(11-18)3-2-4-13(14)15/h2-4,18H,5-11H2,1H3. The largest absolute Gasteiger partial charge is 0.490 e. The van der Waals surface area contributed by atoms with Gasteiger partial charge in [-0.1, -0.05) is 23.7 Å². The average molecular weight is 285 g/mol. The summed E-state index contributed by atoms with van der Waals surface area (Å²) in [5, 5.41) is 9.83. The van der Waals surface area contributed by atoms with Crippen molar-refractivity contribution >= 4 is 11.6 Å². The van der Waals surface area contributed by atoms with E-state index in [1.807, 2.05) is 12.1 Å². The number of benzene rings is 1. The zero-order valence-electron chi connectivity index (χ0n) is 11.3. The van der Waals surface area contributed by atoms with Crippen molar-refractivity contribution in [3.05, 3.63) is 28.8 Å². The molecule has 5 heteroatoms. The van der Waals surface area contributed by atoms with E-state index in [0.29, 0.717) is 17.4 Å². The van der Waals surface area contributed by atoms with Gasteiger partial charge >= 0.3 is 0 Å². The van der Waals surface area contributed by atoms with Gasteiger partial charge in [-0.25, -0.2) is 0 Å². The minimum atomic E-state index is -0.0512. The molecule has 1 heterocycles. The summed E-state index contributed by atoms with van der Waals surface area (Å²) in [4.78, 5) is 4.71. The van der Waals surface area contributed by atoms with E-state index < -0.39 is 0 Å². The molecular weight excluding hydrogens is 264 g/mol. The maximum absolute atomic E-state index is 9.27. The molecule has 1 N–H and O–H groups in total. The van der Waals surface area contributed by atoms with E-state index >= 15 is 0 Å². The third kappa shape index (κ3) is 4.08. The molecule has 1 aromatic rings. The van der Waals surface area contributed by atoms with E-state index in [1.54, 1.807) is 6.07 Å². The fraction of sp³-hybridized carbons (Fsp3) is 0.571. The Balaban J connectivity index is 1.82. The molecule has 1 aromatic carbocycles. The lowest BCUT2D eigenvalue weighted by Crippen LogP contribution is -2.45. The molecule has 0 bridgehead atoms. The van der Waals surface area contributed by atoms with Crippen LogP contribution in [0.1, 0.15) is 5.56 Å². The summed E-state index contributed by atoms with van der Waals surface area (Å²) in [6.07, 6.45) is 0. The Hall–Kier alpha value is -0.810. The second-order valence-electron chi connectivity index (χ2n) is 4.88. The summed E-state index contributed by atoms with van der Waals surface area (Å²) in [5.41, 5.74) is 0.742. The predicted molar refractivity (Wildman–Crippen MR) is 76.8 cm³/mol. The number of halogens is 1. The van der Waals surface area contributed by atoms with Gasteiger partial charge < -0.3 is 14.7 Å². The van der Waals surface area contributed by atoms with Crippen molar-refractivity contribution in [3.63, 3.8) is 0 Å². The highest BCUT2D eigenvalue weighted by atomic mass is 35.5. The average Bonchev–Trinajstić information content (AvgIpc) is 2.42. The number of aliphatic hydroxyl groups is 1. The molecule has 0 unspecified atom stereocenters. The van der Waals surface area contributed by atoms with Crippen molar-refractivity contribution in [1.82, 2.24) is 9.80 Å². The summed E-state index contributed by atoms with van der Waals surface area (Å²) >= 11 is 6.09. The fourth-order valence-corrected chi connectivity index (χ4v) is 2.44. The Labute approximate surface area is 119 Å². The molecule has 0 amide bonds. The van der Waals surface area contributed by atoms with Gasteiger partial charge in [0.05, 0.1) is 11.6 Å². The van der Waals surface area contributed by atoms with Crippen LogP contribution >= 0.6 is 11.6 Å².